The van der Waals surface area contributed by atoms with Crippen molar-refractivity contribution in [3.05, 3.63) is 34.9 Å². The van der Waals surface area contributed by atoms with Crippen LogP contribution in [-0.2, 0) is 6.54 Å². The van der Waals surface area contributed by atoms with Crippen molar-refractivity contribution in [2.75, 3.05) is 26.2 Å². The number of aryl methyl sites for hydroxylation is 2. The van der Waals surface area contributed by atoms with Gasteiger partial charge in [-0.2, -0.15) is 10.2 Å². The SMILES string of the molecule is CCN(CC)[C@H]1CCN(C(=O)c2cc(Cn3nc(C)cc3C)[nH]n2)C1. The Morgan fingerprint density at radius 2 is 2.08 bits per heavy atom. The number of aromatic amines is 1. The second-order valence-electron chi connectivity index (χ2n) is 6.78. The summed E-state index contributed by atoms with van der Waals surface area (Å²) in [7, 11) is 0. The van der Waals surface area contributed by atoms with Gasteiger partial charge in [-0.1, -0.05) is 13.8 Å². The van der Waals surface area contributed by atoms with Crippen LogP contribution in [0, 0.1) is 13.8 Å². The molecule has 1 aliphatic heterocycles. The summed E-state index contributed by atoms with van der Waals surface area (Å²) in [4.78, 5) is 17.1. The predicted molar refractivity (Wildman–Crippen MR) is 96.6 cm³/mol. The van der Waals surface area contributed by atoms with E-state index in [9.17, 15) is 4.79 Å². The minimum atomic E-state index is 0.0190. The molecule has 0 saturated carbocycles. The van der Waals surface area contributed by atoms with Crippen molar-refractivity contribution in [3.8, 4) is 0 Å². The van der Waals surface area contributed by atoms with Crippen molar-refractivity contribution < 1.29 is 4.79 Å². The van der Waals surface area contributed by atoms with Crippen molar-refractivity contribution in [2.45, 2.75) is 46.7 Å². The molecule has 1 fully saturated rings. The van der Waals surface area contributed by atoms with Crippen LogP contribution >= 0.6 is 0 Å². The molecule has 1 saturated heterocycles. The maximum Gasteiger partial charge on any atom is 0.274 e. The first-order valence-corrected chi connectivity index (χ1v) is 9.10. The van der Waals surface area contributed by atoms with Crippen LogP contribution in [0.1, 0.15) is 47.8 Å². The van der Waals surface area contributed by atoms with E-state index >= 15 is 0 Å². The van der Waals surface area contributed by atoms with E-state index in [1.165, 1.54) is 0 Å². The molecule has 0 radical (unpaired) electrons. The summed E-state index contributed by atoms with van der Waals surface area (Å²) in [5, 5.41) is 11.7. The standard InChI is InChI=1S/C18H28N6O/c1-5-22(6-2)16-7-8-23(12-16)18(25)17-10-15(19-20-17)11-24-14(4)9-13(3)21-24/h9-10,16H,5-8,11-12H2,1-4H3,(H,19,20)/t16-/m0/s1. The summed E-state index contributed by atoms with van der Waals surface area (Å²) in [5.41, 5.74) is 3.49. The molecular formula is C18H28N6O. The van der Waals surface area contributed by atoms with Gasteiger partial charge in [0, 0.05) is 24.8 Å². The monoisotopic (exact) mass is 344 g/mol. The lowest BCUT2D eigenvalue weighted by Gasteiger charge is -2.25. The molecule has 2 aromatic heterocycles. The Hall–Kier alpha value is -2.15. The quantitative estimate of drug-likeness (QED) is 0.868. The normalized spacial score (nSPS) is 17.6. The van der Waals surface area contributed by atoms with Crippen LogP contribution < -0.4 is 0 Å². The summed E-state index contributed by atoms with van der Waals surface area (Å²) in [6.45, 7) is 12.6. The Bertz CT molecular complexity index is 730. The van der Waals surface area contributed by atoms with Gasteiger partial charge in [0.2, 0.25) is 0 Å². The fourth-order valence-corrected chi connectivity index (χ4v) is 3.67. The van der Waals surface area contributed by atoms with Gasteiger partial charge in [0.05, 0.1) is 17.9 Å². The van der Waals surface area contributed by atoms with Crippen molar-refractivity contribution in [1.82, 2.24) is 29.8 Å². The number of nitrogens with zero attached hydrogens (tertiary/aromatic N) is 5. The number of carbonyl (C=O) groups is 1. The molecule has 0 bridgehead atoms. The highest BCUT2D eigenvalue weighted by molar-refractivity contribution is 5.92. The molecule has 7 heteroatoms. The molecule has 1 aliphatic rings. The predicted octanol–water partition coefficient (Wildman–Crippen LogP) is 1.83. The van der Waals surface area contributed by atoms with Crippen molar-refractivity contribution in [2.24, 2.45) is 0 Å². The molecule has 3 heterocycles. The molecule has 0 unspecified atom stereocenters. The topological polar surface area (TPSA) is 70.1 Å². The smallest absolute Gasteiger partial charge is 0.274 e. The molecule has 25 heavy (non-hydrogen) atoms. The van der Waals surface area contributed by atoms with E-state index in [2.05, 4.69) is 34.0 Å². The van der Waals surface area contributed by atoms with E-state index in [1.54, 1.807) is 0 Å². The summed E-state index contributed by atoms with van der Waals surface area (Å²) in [6.07, 6.45) is 1.04. The van der Waals surface area contributed by atoms with Gasteiger partial charge in [0.15, 0.2) is 0 Å². The Morgan fingerprint density at radius 3 is 2.72 bits per heavy atom. The van der Waals surface area contributed by atoms with Gasteiger partial charge in [-0.05, 0) is 45.5 Å². The molecule has 0 aliphatic carbocycles. The summed E-state index contributed by atoms with van der Waals surface area (Å²) >= 11 is 0. The van der Waals surface area contributed by atoms with Crippen LogP contribution in [0.25, 0.3) is 0 Å². The van der Waals surface area contributed by atoms with Crippen LogP contribution in [0.5, 0.6) is 0 Å². The molecule has 0 spiro atoms. The second-order valence-corrected chi connectivity index (χ2v) is 6.78. The summed E-state index contributed by atoms with van der Waals surface area (Å²) in [6, 6.07) is 4.36. The first-order chi connectivity index (χ1) is 12.0. The fraction of sp³-hybridized carbons (Fsp3) is 0.611. The largest absolute Gasteiger partial charge is 0.336 e. The third-order valence-electron chi connectivity index (χ3n) is 5.05. The lowest BCUT2D eigenvalue weighted by Crippen LogP contribution is -2.38. The van der Waals surface area contributed by atoms with Gasteiger partial charge in [-0.25, -0.2) is 0 Å². The summed E-state index contributed by atoms with van der Waals surface area (Å²) < 4.78 is 1.92. The van der Waals surface area contributed by atoms with Crippen molar-refractivity contribution in [3.63, 3.8) is 0 Å². The number of carbonyl (C=O) groups excluding carboxylic acids is 1. The number of hydrogen-bond donors (Lipinski definition) is 1. The lowest BCUT2D eigenvalue weighted by molar-refractivity contribution is 0.0772. The number of nitrogens with one attached hydrogen (secondary N) is 1. The zero-order valence-electron chi connectivity index (χ0n) is 15.6. The highest BCUT2D eigenvalue weighted by Crippen LogP contribution is 2.18. The van der Waals surface area contributed by atoms with Gasteiger partial charge < -0.3 is 4.90 Å². The van der Waals surface area contributed by atoms with Gasteiger partial charge >= 0.3 is 0 Å². The fourth-order valence-electron chi connectivity index (χ4n) is 3.67. The third kappa shape index (κ3) is 3.76. The Labute approximate surface area is 149 Å². The van der Waals surface area contributed by atoms with E-state index in [0.29, 0.717) is 18.3 Å². The third-order valence-corrected chi connectivity index (χ3v) is 5.05. The van der Waals surface area contributed by atoms with E-state index in [-0.39, 0.29) is 5.91 Å². The molecule has 136 valence electrons. The van der Waals surface area contributed by atoms with E-state index < -0.39 is 0 Å². The highest BCUT2D eigenvalue weighted by Gasteiger charge is 2.30. The molecule has 2 aromatic rings. The minimum absolute atomic E-state index is 0.0190. The van der Waals surface area contributed by atoms with Crippen LogP contribution in [0.3, 0.4) is 0 Å². The number of hydrogen-bond acceptors (Lipinski definition) is 4. The molecule has 7 nitrogen and oxygen atoms in total. The van der Waals surface area contributed by atoms with Crippen LogP contribution in [0.2, 0.25) is 0 Å². The molecule has 0 aromatic carbocycles. The van der Waals surface area contributed by atoms with Crippen LogP contribution in [0.4, 0.5) is 0 Å². The molecule has 1 atom stereocenters. The highest BCUT2D eigenvalue weighted by atomic mass is 16.2. The van der Waals surface area contributed by atoms with Crippen LogP contribution in [0.15, 0.2) is 12.1 Å². The molecule has 1 amide bonds. The Morgan fingerprint density at radius 1 is 1.32 bits per heavy atom. The number of rotatable bonds is 6. The number of likely N-dealkylation sites (N-methyl/N-ethyl adjacent to an activating group) is 1. The zero-order valence-corrected chi connectivity index (χ0v) is 15.6. The van der Waals surface area contributed by atoms with Gasteiger partial charge in [-0.3, -0.25) is 19.5 Å². The van der Waals surface area contributed by atoms with Gasteiger partial charge in [0.1, 0.15) is 5.69 Å². The maximum atomic E-state index is 12.7. The minimum Gasteiger partial charge on any atom is -0.336 e. The van der Waals surface area contributed by atoms with E-state index in [1.807, 2.05) is 35.6 Å². The number of aromatic nitrogens is 4. The molecule has 1 N–H and O–H groups in total. The van der Waals surface area contributed by atoms with E-state index in [0.717, 1.165) is 49.7 Å². The molecule has 3 rings (SSSR count). The Balaban J connectivity index is 1.64. The number of amides is 1. The van der Waals surface area contributed by atoms with Crippen LogP contribution in [-0.4, -0.2) is 67.9 Å². The van der Waals surface area contributed by atoms with E-state index in [4.69, 9.17) is 0 Å². The second kappa shape index (κ2) is 7.39. The lowest BCUT2D eigenvalue weighted by atomic mass is 10.2. The average molecular weight is 344 g/mol. The maximum absolute atomic E-state index is 12.7. The van der Waals surface area contributed by atoms with Crippen molar-refractivity contribution >= 4 is 5.91 Å². The first-order valence-electron chi connectivity index (χ1n) is 9.10. The van der Waals surface area contributed by atoms with Gasteiger partial charge in [0.25, 0.3) is 5.91 Å². The first kappa shape index (κ1) is 17.7. The average Bonchev–Trinajstić information content (AvgIpc) is 3.30. The van der Waals surface area contributed by atoms with Crippen molar-refractivity contribution in [1.29, 1.82) is 0 Å². The summed E-state index contributed by atoms with van der Waals surface area (Å²) in [5.74, 6) is 0.0190. The molecular weight excluding hydrogens is 316 g/mol. The number of H-pyrrole nitrogens is 1. The Kier molecular flexibility index (Phi) is 5.22. The van der Waals surface area contributed by atoms with Gasteiger partial charge in [-0.15, -0.1) is 0 Å². The zero-order chi connectivity index (χ0) is 18.0. The number of likely N-dealkylation sites (tertiary alicyclic amines) is 1.